The summed E-state index contributed by atoms with van der Waals surface area (Å²) in [5, 5.41) is 4.30. The molecule has 19 heavy (non-hydrogen) atoms. The van der Waals surface area contributed by atoms with Gasteiger partial charge in [0.2, 0.25) is 0 Å². The van der Waals surface area contributed by atoms with Crippen LogP contribution < -0.4 is 5.32 Å². The molecule has 2 aromatic rings. The Labute approximate surface area is 124 Å². The van der Waals surface area contributed by atoms with E-state index in [1.807, 2.05) is 7.05 Å². The van der Waals surface area contributed by atoms with E-state index in [0.717, 1.165) is 24.1 Å². The summed E-state index contributed by atoms with van der Waals surface area (Å²) in [5.74, 6) is 0.252. The van der Waals surface area contributed by atoms with Crippen molar-refractivity contribution >= 4 is 35.8 Å². The van der Waals surface area contributed by atoms with Crippen LogP contribution in [0.15, 0.2) is 18.3 Å². The molecule has 0 spiro atoms. The first-order valence-electron chi connectivity index (χ1n) is 6.07. The Kier molecular flexibility index (Phi) is 5.59. The standard InChI is InChI=1S/C13H16FN3.2ClH/c1-17-12(9-3-2-4-15-7-9)6-10-5-11(14)8-16-13(10)17;;/h5-6,8-9,15H,2-4,7H2,1H3;2*1H. The maximum Gasteiger partial charge on any atom is 0.142 e. The lowest BCUT2D eigenvalue weighted by Gasteiger charge is -2.23. The maximum atomic E-state index is 13.1. The summed E-state index contributed by atoms with van der Waals surface area (Å²) in [5.41, 5.74) is 2.12. The number of nitrogens with zero attached hydrogens (tertiary/aromatic N) is 2. The molecule has 2 aromatic heterocycles. The number of nitrogens with one attached hydrogen (secondary N) is 1. The Balaban J connectivity index is 0.000000902. The molecule has 6 heteroatoms. The van der Waals surface area contributed by atoms with Gasteiger partial charge in [-0.15, -0.1) is 24.8 Å². The molecule has 1 N–H and O–H groups in total. The van der Waals surface area contributed by atoms with Crippen molar-refractivity contribution in [3.63, 3.8) is 0 Å². The van der Waals surface area contributed by atoms with Crippen LogP contribution in [0.2, 0.25) is 0 Å². The summed E-state index contributed by atoms with van der Waals surface area (Å²) >= 11 is 0. The molecule has 0 aliphatic carbocycles. The largest absolute Gasteiger partial charge is 0.332 e. The lowest BCUT2D eigenvalue weighted by atomic mass is 9.96. The van der Waals surface area contributed by atoms with E-state index in [1.165, 1.54) is 24.7 Å². The lowest BCUT2D eigenvalue weighted by molar-refractivity contribution is 0.448. The fourth-order valence-electron chi connectivity index (χ4n) is 2.71. The number of halogens is 3. The van der Waals surface area contributed by atoms with Crippen LogP contribution in [-0.2, 0) is 7.05 Å². The van der Waals surface area contributed by atoms with Crippen LogP contribution >= 0.6 is 24.8 Å². The number of hydrogen-bond donors (Lipinski definition) is 1. The van der Waals surface area contributed by atoms with E-state index in [0.29, 0.717) is 5.92 Å². The summed E-state index contributed by atoms with van der Waals surface area (Å²) in [6.07, 6.45) is 3.68. The van der Waals surface area contributed by atoms with Crippen LogP contribution in [0.25, 0.3) is 11.0 Å². The molecule has 1 unspecified atom stereocenters. The van der Waals surface area contributed by atoms with Crippen LogP contribution in [0.5, 0.6) is 0 Å². The molecule has 1 atom stereocenters. The average molecular weight is 306 g/mol. The van der Waals surface area contributed by atoms with Gasteiger partial charge in [0.25, 0.3) is 0 Å². The molecule has 3 rings (SSSR count). The van der Waals surface area contributed by atoms with Crippen molar-refractivity contribution in [2.75, 3.05) is 13.1 Å². The van der Waals surface area contributed by atoms with Crippen molar-refractivity contribution in [3.8, 4) is 0 Å². The van der Waals surface area contributed by atoms with Crippen molar-refractivity contribution in [2.45, 2.75) is 18.8 Å². The number of aromatic nitrogens is 2. The van der Waals surface area contributed by atoms with E-state index >= 15 is 0 Å². The third-order valence-corrected chi connectivity index (χ3v) is 3.59. The van der Waals surface area contributed by atoms with Crippen molar-refractivity contribution in [1.29, 1.82) is 0 Å². The second-order valence-corrected chi connectivity index (χ2v) is 4.74. The fourth-order valence-corrected chi connectivity index (χ4v) is 2.71. The van der Waals surface area contributed by atoms with E-state index in [4.69, 9.17) is 0 Å². The molecular weight excluding hydrogens is 288 g/mol. The Morgan fingerprint density at radius 3 is 2.84 bits per heavy atom. The molecule has 1 fully saturated rings. The van der Waals surface area contributed by atoms with E-state index in [2.05, 4.69) is 20.9 Å². The van der Waals surface area contributed by atoms with Gasteiger partial charge in [0.1, 0.15) is 11.5 Å². The maximum absolute atomic E-state index is 13.1. The second kappa shape index (κ2) is 6.55. The van der Waals surface area contributed by atoms with Crippen LogP contribution in [0.1, 0.15) is 24.5 Å². The Morgan fingerprint density at radius 2 is 2.16 bits per heavy atom. The molecule has 0 amide bonds. The molecule has 0 bridgehead atoms. The summed E-state index contributed by atoms with van der Waals surface area (Å²) in [7, 11) is 2.01. The van der Waals surface area contributed by atoms with Gasteiger partial charge in [0, 0.05) is 30.6 Å². The molecule has 0 radical (unpaired) electrons. The van der Waals surface area contributed by atoms with Crippen molar-refractivity contribution < 1.29 is 4.39 Å². The van der Waals surface area contributed by atoms with Gasteiger partial charge in [-0.25, -0.2) is 9.37 Å². The predicted molar refractivity (Wildman–Crippen MR) is 80.0 cm³/mol. The quantitative estimate of drug-likeness (QED) is 0.878. The summed E-state index contributed by atoms with van der Waals surface area (Å²) in [4.78, 5) is 4.16. The van der Waals surface area contributed by atoms with Gasteiger partial charge in [0.05, 0.1) is 6.20 Å². The van der Waals surface area contributed by atoms with Gasteiger partial charge in [-0.3, -0.25) is 0 Å². The molecular formula is C13H18Cl2FN3. The van der Waals surface area contributed by atoms with E-state index in [9.17, 15) is 4.39 Å². The van der Waals surface area contributed by atoms with E-state index in [-0.39, 0.29) is 30.6 Å². The minimum absolute atomic E-state index is 0. The smallest absolute Gasteiger partial charge is 0.142 e. The van der Waals surface area contributed by atoms with Crippen LogP contribution in [-0.4, -0.2) is 22.6 Å². The minimum atomic E-state index is -0.267. The Hall–Kier alpha value is -0.840. The van der Waals surface area contributed by atoms with Gasteiger partial charge in [0.15, 0.2) is 0 Å². The number of fused-ring (bicyclic) bond motifs is 1. The summed E-state index contributed by atoms with van der Waals surface area (Å²) in [6, 6.07) is 3.63. The molecule has 1 aliphatic rings. The SMILES string of the molecule is Cl.Cl.Cn1c(C2CCCNC2)cc2cc(F)cnc21. The third-order valence-electron chi connectivity index (χ3n) is 3.59. The number of rotatable bonds is 1. The monoisotopic (exact) mass is 305 g/mol. The zero-order chi connectivity index (χ0) is 11.8. The summed E-state index contributed by atoms with van der Waals surface area (Å²) in [6.45, 7) is 2.11. The van der Waals surface area contributed by atoms with Crippen molar-refractivity contribution in [3.05, 3.63) is 29.8 Å². The van der Waals surface area contributed by atoms with Gasteiger partial charge in [-0.2, -0.15) is 0 Å². The third kappa shape index (κ3) is 3.02. The second-order valence-electron chi connectivity index (χ2n) is 4.74. The van der Waals surface area contributed by atoms with E-state index < -0.39 is 0 Å². The summed E-state index contributed by atoms with van der Waals surface area (Å²) < 4.78 is 15.2. The molecule has 1 aliphatic heterocycles. The number of aryl methyl sites for hydroxylation is 1. The molecule has 1 saturated heterocycles. The van der Waals surface area contributed by atoms with Crippen molar-refractivity contribution in [2.24, 2.45) is 7.05 Å². The zero-order valence-corrected chi connectivity index (χ0v) is 12.4. The first kappa shape index (κ1) is 16.2. The Morgan fingerprint density at radius 1 is 1.37 bits per heavy atom. The zero-order valence-electron chi connectivity index (χ0n) is 10.7. The first-order valence-corrected chi connectivity index (χ1v) is 6.07. The highest BCUT2D eigenvalue weighted by Crippen LogP contribution is 2.27. The minimum Gasteiger partial charge on any atom is -0.332 e. The molecule has 3 nitrogen and oxygen atoms in total. The van der Waals surface area contributed by atoms with Crippen LogP contribution in [0.3, 0.4) is 0 Å². The first-order chi connectivity index (χ1) is 8.25. The number of pyridine rings is 1. The van der Waals surface area contributed by atoms with Crippen LogP contribution in [0, 0.1) is 5.82 Å². The van der Waals surface area contributed by atoms with Gasteiger partial charge in [-0.1, -0.05) is 0 Å². The van der Waals surface area contributed by atoms with Crippen LogP contribution in [0.4, 0.5) is 4.39 Å². The van der Waals surface area contributed by atoms with Crippen molar-refractivity contribution in [1.82, 2.24) is 14.9 Å². The Bertz CT molecular complexity index is 550. The fraction of sp³-hybridized carbons (Fsp3) is 0.462. The topological polar surface area (TPSA) is 29.9 Å². The molecule has 106 valence electrons. The molecule has 0 aromatic carbocycles. The highest BCUT2D eigenvalue weighted by molar-refractivity contribution is 5.85. The van der Waals surface area contributed by atoms with E-state index in [1.54, 1.807) is 6.07 Å². The number of hydrogen-bond acceptors (Lipinski definition) is 2. The normalized spacial score (nSPS) is 18.7. The highest BCUT2D eigenvalue weighted by atomic mass is 35.5. The number of piperidine rings is 1. The van der Waals surface area contributed by atoms with Gasteiger partial charge < -0.3 is 9.88 Å². The average Bonchev–Trinajstić information content (AvgIpc) is 2.67. The molecule has 0 saturated carbocycles. The predicted octanol–water partition coefficient (Wildman–Crippen LogP) is 3.02. The highest BCUT2D eigenvalue weighted by Gasteiger charge is 2.19. The molecule has 3 heterocycles. The van der Waals surface area contributed by atoms with Gasteiger partial charge in [-0.05, 0) is 31.5 Å². The van der Waals surface area contributed by atoms with Gasteiger partial charge >= 0.3 is 0 Å². The lowest BCUT2D eigenvalue weighted by Crippen LogP contribution is -2.29.